The molecule has 0 radical (unpaired) electrons. The van der Waals surface area contributed by atoms with Crippen molar-refractivity contribution < 1.29 is 54.3 Å². The van der Waals surface area contributed by atoms with Gasteiger partial charge in [0, 0.05) is 6.42 Å². The van der Waals surface area contributed by atoms with E-state index in [1.165, 1.54) is 0 Å². The van der Waals surface area contributed by atoms with Crippen molar-refractivity contribution in [1.29, 1.82) is 0 Å². The largest absolute Gasteiger partial charge is 0.481 e. The summed E-state index contributed by atoms with van der Waals surface area (Å²) in [5.74, 6) is -7.64. The van der Waals surface area contributed by atoms with Crippen LogP contribution >= 0.6 is 0 Å². The highest BCUT2D eigenvalue weighted by Gasteiger charge is 2.30. The van der Waals surface area contributed by atoms with E-state index in [-0.39, 0.29) is 0 Å². The van der Waals surface area contributed by atoms with Crippen LogP contribution in [0.4, 0.5) is 0 Å². The molecule has 15 nitrogen and oxygen atoms in total. The van der Waals surface area contributed by atoms with Crippen molar-refractivity contribution in [1.82, 2.24) is 16.0 Å². The third-order valence-electron chi connectivity index (χ3n) is 3.62. The van der Waals surface area contributed by atoms with Gasteiger partial charge in [-0.1, -0.05) is 0 Å². The number of carboxylic acids is 3. The molecule has 0 saturated carbocycles. The van der Waals surface area contributed by atoms with Gasteiger partial charge in [-0.2, -0.15) is 0 Å². The predicted molar refractivity (Wildman–Crippen MR) is 94.7 cm³/mol. The number of carboxylic acid groups (broad SMARTS) is 3. The number of rotatable bonds is 14. The van der Waals surface area contributed by atoms with Crippen molar-refractivity contribution in [3.8, 4) is 0 Å². The second-order valence-corrected chi connectivity index (χ2v) is 6.02. The Bertz CT molecular complexity index is 669. The van der Waals surface area contributed by atoms with Gasteiger partial charge in [0.15, 0.2) is 0 Å². The first-order valence-corrected chi connectivity index (χ1v) is 8.47. The highest BCUT2D eigenvalue weighted by Crippen LogP contribution is 2.01. The summed E-state index contributed by atoms with van der Waals surface area (Å²) in [4.78, 5) is 68.5. The number of amides is 3. The molecule has 0 heterocycles. The Morgan fingerprint density at radius 3 is 1.60 bits per heavy atom. The lowest BCUT2D eigenvalue weighted by atomic mass is 10.1. The van der Waals surface area contributed by atoms with Crippen LogP contribution in [-0.2, 0) is 28.8 Å². The minimum Gasteiger partial charge on any atom is -0.481 e. The van der Waals surface area contributed by atoms with Crippen LogP contribution in [0.15, 0.2) is 0 Å². The van der Waals surface area contributed by atoms with Crippen LogP contribution in [0.1, 0.15) is 19.3 Å². The summed E-state index contributed by atoms with van der Waals surface area (Å²) >= 11 is 0. The van der Waals surface area contributed by atoms with E-state index in [0.29, 0.717) is 0 Å². The van der Waals surface area contributed by atoms with Gasteiger partial charge in [-0.25, -0.2) is 4.79 Å². The molecular formula is C15H24N4O11. The van der Waals surface area contributed by atoms with E-state index in [4.69, 9.17) is 26.2 Å². The van der Waals surface area contributed by atoms with E-state index in [0.717, 1.165) is 0 Å². The van der Waals surface area contributed by atoms with Gasteiger partial charge in [0.2, 0.25) is 17.7 Å². The lowest BCUT2D eigenvalue weighted by Gasteiger charge is -2.23. The lowest BCUT2D eigenvalue weighted by Crippen LogP contribution is -2.58. The number of carbonyl (C=O) groups excluding carboxylic acids is 3. The summed E-state index contributed by atoms with van der Waals surface area (Å²) in [6, 6.07) is -6.49. The third-order valence-corrected chi connectivity index (χ3v) is 3.62. The lowest BCUT2D eigenvalue weighted by molar-refractivity contribution is -0.143. The van der Waals surface area contributed by atoms with Crippen LogP contribution in [0.3, 0.4) is 0 Å². The molecule has 0 aromatic heterocycles. The number of aliphatic hydroxyl groups excluding tert-OH is 2. The zero-order valence-corrected chi connectivity index (χ0v) is 15.6. The molecule has 3 amide bonds. The van der Waals surface area contributed by atoms with Gasteiger partial charge in [-0.15, -0.1) is 0 Å². The molecule has 15 heteroatoms. The minimum absolute atomic E-state index is 0.457. The van der Waals surface area contributed by atoms with E-state index in [2.05, 4.69) is 5.32 Å². The van der Waals surface area contributed by atoms with Crippen LogP contribution in [0.25, 0.3) is 0 Å². The molecular weight excluding hydrogens is 412 g/mol. The number of hydrogen-bond acceptors (Lipinski definition) is 9. The first-order valence-electron chi connectivity index (χ1n) is 8.47. The number of hydrogen-bond donors (Lipinski definition) is 9. The van der Waals surface area contributed by atoms with E-state index in [9.17, 15) is 33.9 Å². The molecule has 0 aromatic carbocycles. The Balaban J connectivity index is 5.24. The molecule has 0 spiro atoms. The Labute approximate surface area is 169 Å². The monoisotopic (exact) mass is 436 g/mol. The maximum absolute atomic E-state index is 12.4. The highest BCUT2D eigenvalue weighted by molar-refractivity contribution is 5.95. The van der Waals surface area contributed by atoms with Crippen LogP contribution in [0.5, 0.6) is 0 Å². The molecule has 30 heavy (non-hydrogen) atoms. The average Bonchev–Trinajstić information content (AvgIpc) is 2.65. The minimum atomic E-state index is -1.71. The molecule has 170 valence electrons. The quantitative estimate of drug-likeness (QED) is 0.124. The first-order chi connectivity index (χ1) is 13.9. The third kappa shape index (κ3) is 9.76. The van der Waals surface area contributed by atoms with Crippen molar-refractivity contribution in [2.75, 3.05) is 13.2 Å². The summed E-state index contributed by atoms with van der Waals surface area (Å²) < 4.78 is 0. The van der Waals surface area contributed by atoms with Crippen LogP contribution in [-0.4, -0.2) is 98.5 Å². The molecule has 0 aliphatic rings. The Kier molecular flexibility index (Phi) is 11.6. The van der Waals surface area contributed by atoms with E-state index < -0.39 is 92.3 Å². The standard InChI is InChI=1S/C15H24N4O11/c16-6(3-11(24)25)12(26)17-7(1-2-10(22)23)13(27)18-8(4-20)14(28)19-9(5-21)15(29)30/h6-9,20-21H,1-5,16H2,(H,17,26)(H,18,27)(H,19,28)(H,22,23)(H,24,25)(H,29,30). The van der Waals surface area contributed by atoms with Crippen LogP contribution in [0, 0.1) is 0 Å². The molecule has 4 atom stereocenters. The van der Waals surface area contributed by atoms with E-state index in [1.54, 1.807) is 0 Å². The fourth-order valence-electron chi connectivity index (χ4n) is 2.02. The van der Waals surface area contributed by atoms with Crippen LogP contribution < -0.4 is 21.7 Å². The predicted octanol–water partition coefficient (Wildman–Crippen LogP) is -4.82. The van der Waals surface area contributed by atoms with Gasteiger partial charge in [0.1, 0.15) is 18.1 Å². The highest BCUT2D eigenvalue weighted by atomic mass is 16.4. The van der Waals surface area contributed by atoms with Gasteiger partial charge in [-0.05, 0) is 6.42 Å². The second-order valence-electron chi connectivity index (χ2n) is 6.02. The van der Waals surface area contributed by atoms with Gasteiger partial charge < -0.3 is 47.2 Å². The van der Waals surface area contributed by atoms with E-state index in [1.807, 2.05) is 10.6 Å². The van der Waals surface area contributed by atoms with Gasteiger partial charge in [-0.3, -0.25) is 24.0 Å². The Morgan fingerprint density at radius 2 is 1.17 bits per heavy atom. The van der Waals surface area contributed by atoms with Crippen molar-refractivity contribution >= 4 is 35.6 Å². The molecule has 0 aliphatic carbocycles. The number of nitrogens with one attached hydrogen (secondary N) is 3. The van der Waals surface area contributed by atoms with Crippen molar-refractivity contribution in [2.45, 2.75) is 43.4 Å². The fourth-order valence-corrected chi connectivity index (χ4v) is 2.02. The van der Waals surface area contributed by atoms with Crippen molar-refractivity contribution in [2.24, 2.45) is 5.73 Å². The number of nitrogens with two attached hydrogens (primary N) is 1. The van der Waals surface area contributed by atoms with Crippen molar-refractivity contribution in [3.63, 3.8) is 0 Å². The fraction of sp³-hybridized carbons (Fsp3) is 0.600. The SMILES string of the molecule is NC(CC(=O)O)C(=O)NC(CCC(=O)O)C(=O)NC(CO)C(=O)NC(CO)C(=O)O. The Morgan fingerprint density at radius 1 is 0.700 bits per heavy atom. The number of carbonyl (C=O) groups is 6. The molecule has 0 fully saturated rings. The number of aliphatic hydroxyl groups is 2. The van der Waals surface area contributed by atoms with Gasteiger partial charge in [0.05, 0.1) is 25.7 Å². The molecule has 4 unspecified atom stereocenters. The Hall–Kier alpha value is -3.30. The first kappa shape index (κ1) is 26.7. The topological polar surface area (TPSA) is 266 Å². The van der Waals surface area contributed by atoms with Crippen LogP contribution in [0.2, 0.25) is 0 Å². The second kappa shape index (κ2) is 13.0. The van der Waals surface area contributed by atoms with E-state index >= 15 is 0 Å². The normalized spacial score (nSPS) is 14.5. The molecule has 0 aromatic rings. The summed E-state index contributed by atoms with van der Waals surface area (Å²) in [5.41, 5.74) is 5.37. The zero-order chi connectivity index (χ0) is 23.4. The average molecular weight is 436 g/mol. The maximum Gasteiger partial charge on any atom is 0.328 e. The molecule has 0 bridgehead atoms. The maximum atomic E-state index is 12.4. The smallest absolute Gasteiger partial charge is 0.328 e. The summed E-state index contributed by atoms with van der Waals surface area (Å²) in [5, 5.41) is 50.3. The molecule has 0 saturated heterocycles. The number of aliphatic carboxylic acids is 3. The summed E-state index contributed by atoms with van der Waals surface area (Å²) in [7, 11) is 0. The zero-order valence-electron chi connectivity index (χ0n) is 15.6. The molecule has 10 N–H and O–H groups in total. The summed E-state index contributed by atoms with van der Waals surface area (Å²) in [6.07, 6.45) is -1.81. The van der Waals surface area contributed by atoms with Gasteiger partial charge >= 0.3 is 17.9 Å². The molecule has 0 aliphatic heterocycles. The summed E-state index contributed by atoms with van der Waals surface area (Å²) in [6.45, 7) is -1.96. The van der Waals surface area contributed by atoms with Gasteiger partial charge in [0.25, 0.3) is 0 Å². The van der Waals surface area contributed by atoms with Crippen molar-refractivity contribution in [3.05, 3.63) is 0 Å². The molecule has 0 rings (SSSR count).